The number of Topliss-reactive ketones (excluding diaryl/α,β-unsaturated/α-hetero) is 1. The van der Waals surface area contributed by atoms with E-state index in [2.05, 4.69) is 47.8 Å². The standard InChI is InChI=1S/C15H11Br3O3/c1-8(19)9-3-4-13(10(16)5-9)21-15-7-11(17)14(20-2)6-12(15)18/h3-7H,1-2H3. The molecule has 2 aromatic carbocycles. The molecule has 0 fully saturated rings. The van der Waals surface area contributed by atoms with Crippen LogP contribution in [0.3, 0.4) is 0 Å². The summed E-state index contributed by atoms with van der Waals surface area (Å²) in [4.78, 5) is 11.3. The molecule has 0 aliphatic heterocycles. The quantitative estimate of drug-likeness (QED) is 0.507. The van der Waals surface area contributed by atoms with Crippen molar-refractivity contribution in [2.45, 2.75) is 6.92 Å². The van der Waals surface area contributed by atoms with E-state index in [9.17, 15) is 4.79 Å². The molecule has 6 heteroatoms. The van der Waals surface area contributed by atoms with Crippen LogP contribution < -0.4 is 9.47 Å². The lowest BCUT2D eigenvalue weighted by Crippen LogP contribution is -1.94. The third kappa shape index (κ3) is 3.87. The highest BCUT2D eigenvalue weighted by Crippen LogP contribution is 2.39. The Balaban J connectivity index is 2.34. The molecule has 0 aliphatic carbocycles. The van der Waals surface area contributed by atoms with Gasteiger partial charge in [0, 0.05) is 5.56 Å². The Hall–Kier alpha value is -0.850. The highest BCUT2D eigenvalue weighted by molar-refractivity contribution is 9.11. The van der Waals surface area contributed by atoms with Gasteiger partial charge >= 0.3 is 0 Å². The second kappa shape index (κ2) is 6.94. The Morgan fingerprint density at radius 2 is 1.48 bits per heavy atom. The summed E-state index contributed by atoms with van der Waals surface area (Å²) in [7, 11) is 1.60. The van der Waals surface area contributed by atoms with Crippen LogP contribution in [0.5, 0.6) is 17.2 Å². The van der Waals surface area contributed by atoms with Crippen molar-refractivity contribution >= 4 is 53.6 Å². The molecule has 0 amide bonds. The van der Waals surface area contributed by atoms with Gasteiger partial charge in [0.05, 0.1) is 20.5 Å². The molecule has 0 aliphatic rings. The van der Waals surface area contributed by atoms with Crippen LogP contribution >= 0.6 is 47.8 Å². The van der Waals surface area contributed by atoms with E-state index in [1.54, 1.807) is 25.3 Å². The Kier molecular flexibility index (Phi) is 5.46. The summed E-state index contributed by atoms with van der Waals surface area (Å²) in [6, 6.07) is 8.86. The van der Waals surface area contributed by atoms with Crippen molar-refractivity contribution in [3.63, 3.8) is 0 Å². The number of carbonyl (C=O) groups excluding carboxylic acids is 1. The fraction of sp³-hybridized carbons (Fsp3) is 0.133. The Morgan fingerprint density at radius 1 is 0.905 bits per heavy atom. The van der Waals surface area contributed by atoms with Crippen LogP contribution in [0.1, 0.15) is 17.3 Å². The van der Waals surface area contributed by atoms with Crippen molar-refractivity contribution in [2.75, 3.05) is 7.11 Å². The maximum atomic E-state index is 11.3. The number of halogens is 3. The van der Waals surface area contributed by atoms with Gasteiger partial charge in [-0.25, -0.2) is 0 Å². The minimum absolute atomic E-state index is 0.00984. The molecule has 0 saturated carbocycles. The van der Waals surface area contributed by atoms with Crippen molar-refractivity contribution in [1.29, 1.82) is 0 Å². The lowest BCUT2D eigenvalue weighted by molar-refractivity contribution is 0.101. The highest BCUT2D eigenvalue weighted by Gasteiger charge is 2.12. The molecule has 0 saturated heterocycles. The molecule has 0 heterocycles. The Morgan fingerprint density at radius 3 is 2.05 bits per heavy atom. The Labute approximate surface area is 148 Å². The van der Waals surface area contributed by atoms with E-state index in [4.69, 9.17) is 9.47 Å². The minimum atomic E-state index is 0.00984. The molecule has 3 nitrogen and oxygen atoms in total. The number of ketones is 1. The second-order valence-electron chi connectivity index (χ2n) is 4.22. The third-order valence-electron chi connectivity index (χ3n) is 2.76. The lowest BCUT2D eigenvalue weighted by atomic mass is 10.1. The summed E-state index contributed by atoms with van der Waals surface area (Å²) >= 11 is 10.3. The summed E-state index contributed by atoms with van der Waals surface area (Å²) in [5.41, 5.74) is 0.629. The van der Waals surface area contributed by atoms with Crippen molar-refractivity contribution in [1.82, 2.24) is 0 Å². The van der Waals surface area contributed by atoms with E-state index in [0.717, 1.165) is 8.95 Å². The van der Waals surface area contributed by atoms with Crippen LogP contribution in [0.25, 0.3) is 0 Å². The molecule has 110 valence electrons. The molecule has 0 unspecified atom stereocenters. The normalized spacial score (nSPS) is 10.3. The van der Waals surface area contributed by atoms with Crippen LogP contribution in [0, 0.1) is 0 Å². The van der Waals surface area contributed by atoms with Gasteiger partial charge in [0.1, 0.15) is 17.2 Å². The Bertz CT molecular complexity index is 699. The van der Waals surface area contributed by atoms with Crippen molar-refractivity contribution in [3.05, 3.63) is 49.3 Å². The SMILES string of the molecule is COc1cc(Br)c(Oc2ccc(C(C)=O)cc2Br)cc1Br. The average molecular weight is 479 g/mol. The monoisotopic (exact) mass is 476 g/mol. The molecule has 2 aromatic rings. The fourth-order valence-corrected chi connectivity index (χ4v) is 3.01. The molecule has 0 spiro atoms. The van der Waals surface area contributed by atoms with Gasteiger partial charge in [0.15, 0.2) is 5.78 Å². The van der Waals surface area contributed by atoms with Crippen molar-refractivity contribution in [3.8, 4) is 17.2 Å². The van der Waals surface area contributed by atoms with Gasteiger partial charge in [-0.3, -0.25) is 4.79 Å². The fourth-order valence-electron chi connectivity index (χ4n) is 1.67. The number of methoxy groups -OCH3 is 1. The van der Waals surface area contributed by atoms with Gasteiger partial charge in [0.2, 0.25) is 0 Å². The van der Waals surface area contributed by atoms with E-state index in [0.29, 0.717) is 27.3 Å². The summed E-state index contributed by atoms with van der Waals surface area (Å²) < 4.78 is 13.4. The largest absolute Gasteiger partial charge is 0.496 e. The topological polar surface area (TPSA) is 35.5 Å². The first-order valence-electron chi connectivity index (χ1n) is 5.93. The van der Waals surface area contributed by atoms with Crippen LogP contribution in [-0.2, 0) is 0 Å². The van der Waals surface area contributed by atoms with Crippen LogP contribution in [-0.4, -0.2) is 12.9 Å². The first-order chi connectivity index (χ1) is 9.92. The van der Waals surface area contributed by atoms with E-state index >= 15 is 0 Å². The molecule has 0 radical (unpaired) electrons. The molecule has 0 atom stereocenters. The smallest absolute Gasteiger partial charge is 0.159 e. The number of carbonyl (C=O) groups is 1. The zero-order valence-corrected chi connectivity index (χ0v) is 16.0. The number of rotatable bonds is 4. The molecular formula is C15H11Br3O3. The van der Waals surface area contributed by atoms with Crippen molar-refractivity contribution < 1.29 is 14.3 Å². The van der Waals surface area contributed by atoms with Gasteiger partial charge < -0.3 is 9.47 Å². The summed E-state index contributed by atoms with van der Waals surface area (Å²) in [5, 5.41) is 0. The molecule has 21 heavy (non-hydrogen) atoms. The third-order valence-corrected chi connectivity index (χ3v) is 4.62. The predicted molar refractivity (Wildman–Crippen MR) is 92.6 cm³/mol. The number of hydrogen-bond acceptors (Lipinski definition) is 3. The van der Waals surface area contributed by atoms with Crippen LogP contribution in [0.15, 0.2) is 43.7 Å². The molecule has 0 bridgehead atoms. The average Bonchev–Trinajstić information content (AvgIpc) is 2.44. The van der Waals surface area contributed by atoms with E-state index < -0.39 is 0 Å². The first kappa shape index (κ1) is 16.5. The zero-order valence-electron chi connectivity index (χ0n) is 11.2. The van der Waals surface area contributed by atoms with E-state index in [1.165, 1.54) is 6.92 Å². The van der Waals surface area contributed by atoms with E-state index in [1.807, 2.05) is 12.1 Å². The van der Waals surface area contributed by atoms with Gasteiger partial charge in [-0.15, -0.1) is 0 Å². The van der Waals surface area contributed by atoms with E-state index in [-0.39, 0.29) is 5.78 Å². The molecular weight excluding hydrogens is 468 g/mol. The highest BCUT2D eigenvalue weighted by atomic mass is 79.9. The lowest BCUT2D eigenvalue weighted by Gasteiger charge is -2.12. The number of hydrogen-bond donors (Lipinski definition) is 0. The molecule has 2 rings (SSSR count). The number of benzene rings is 2. The van der Waals surface area contributed by atoms with Gasteiger partial charge in [-0.05, 0) is 85.0 Å². The van der Waals surface area contributed by atoms with Gasteiger partial charge in [-0.1, -0.05) is 0 Å². The summed E-state index contributed by atoms with van der Waals surface area (Å²) in [5.74, 6) is 1.98. The molecule has 0 aromatic heterocycles. The maximum Gasteiger partial charge on any atom is 0.159 e. The minimum Gasteiger partial charge on any atom is -0.496 e. The van der Waals surface area contributed by atoms with Gasteiger partial charge in [-0.2, -0.15) is 0 Å². The first-order valence-corrected chi connectivity index (χ1v) is 8.31. The van der Waals surface area contributed by atoms with Crippen LogP contribution in [0.4, 0.5) is 0 Å². The summed E-state index contributed by atoms with van der Waals surface area (Å²) in [6.07, 6.45) is 0. The zero-order chi connectivity index (χ0) is 15.6. The van der Waals surface area contributed by atoms with Gasteiger partial charge in [0.25, 0.3) is 0 Å². The van der Waals surface area contributed by atoms with Crippen molar-refractivity contribution in [2.24, 2.45) is 0 Å². The van der Waals surface area contributed by atoms with Crippen LogP contribution in [0.2, 0.25) is 0 Å². The number of ether oxygens (including phenoxy) is 2. The second-order valence-corrected chi connectivity index (χ2v) is 6.78. The molecule has 0 N–H and O–H groups in total. The maximum absolute atomic E-state index is 11.3. The summed E-state index contributed by atoms with van der Waals surface area (Å²) in [6.45, 7) is 1.53. The predicted octanol–water partition coefficient (Wildman–Crippen LogP) is 5.98.